The highest BCUT2D eigenvalue weighted by molar-refractivity contribution is 5.96. The molecule has 11 nitrogen and oxygen atoms in total. The normalized spacial score (nSPS) is 24.9. The van der Waals surface area contributed by atoms with Crippen LogP contribution in [0, 0.1) is 11.8 Å². The van der Waals surface area contributed by atoms with E-state index in [0.29, 0.717) is 42.9 Å². The average molecular weight is 598 g/mol. The SMILES string of the molecule is CCC(C)[C@H](C(=O)N[C@H](C(=O)N1CC[C@@H]2Oc3ccc(OC)c(c3)/C=C/NC(=O)[C@@H]3CCCN3C(=O)[C@H]21)C(C)C)N(C)C. The zero-order valence-electron chi connectivity index (χ0n) is 26.5. The smallest absolute Gasteiger partial charge is 0.249 e. The van der Waals surface area contributed by atoms with Crippen LogP contribution in [0.4, 0.5) is 0 Å². The van der Waals surface area contributed by atoms with Crippen LogP contribution in [0.1, 0.15) is 58.9 Å². The molecule has 0 spiro atoms. The number of carbonyl (C=O) groups excluding carboxylic acids is 4. The average Bonchev–Trinajstić information content (AvgIpc) is 3.62. The van der Waals surface area contributed by atoms with Crippen LogP contribution in [0.25, 0.3) is 6.08 Å². The van der Waals surface area contributed by atoms with E-state index in [0.717, 1.165) is 6.42 Å². The molecular weight excluding hydrogens is 550 g/mol. The van der Waals surface area contributed by atoms with Crippen LogP contribution in [0.3, 0.4) is 0 Å². The second-order valence-corrected chi connectivity index (χ2v) is 12.4. The number of fused-ring (bicyclic) bond motifs is 4. The first-order valence-electron chi connectivity index (χ1n) is 15.4. The predicted molar refractivity (Wildman–Crippen MR) is 163 cm³/mol. The van der Waals surface area contributed by atoms with Crippen LogP contribution in [0.15, 0.2) is 24.4 Å². The van der Waals surface area contributed by atoms with Crippen LogP contribution in [-0.2, 0) is 19.2 Å². The summed E-state index contributed by atoms with van der Waals surface area (Å²) >= 11 is 0. The number of benzene rings is 1. The third kappa shape index (κ3) is 6.82. The van der Waals surface area contributed by atoms with Crippen LogP contribution < -0.4 is 20.1 Å². The van der Waals surface area contributed by atoms with Gasteiger partial charge in [0.2, 0.25) is 23.6 Å². The summed E-state index contributed by atoms with van der Waals surface area (Å²) in [6.07, 6.45) is 5.10. The maximum absolute atomic E-state index is 14.3. The summed E-state index contributed by atoms with van der Waals surface area (Å²) in [6.45, 7) is 8.54. The largest absolute Gasteiger partial charge is 0.496 e. The van der Waals surface area contributed by atoms with E-state index in [2.05, 4.69) is 10.6 Å². The summed E-state index contributed by atoms with van der Waals surface area (Å²) in [5.41, 5.74) is 0.705. The van der Waals surface area contributed by atoms with E-state index in [4.69, 9.17) is 9.47 Å². The summed E-state index contributed by atoms with van der Waals surface area (Å²) in [5, 5.41) is 5.84. The van der Waals surface area contributed by atoms with Gasteiger partial charge in [-0.15, -0.1) is 0 Å². The molecule has 2 fully saturated rings. The molecule has 0 aliphatic carbocycles. The van der Waals surface area contributed by atoms with Gasteiger partial charge in [-0.25, -0.2) is 0 Å². The molecule has 4 rings (SSSR count). The molecule has 3 aliphatic heterocycles. The van der Waals surface area contributed by atoms with Crippen LogP contribution in [-0.4, -0.2) is 103 Å². The Kier molecular flexibility index (Phi) is 10.4. The van der Waals surface area contributed by atoms with E-state index in [1.165, 1.54) is 0 Å². The number of likely N-dealkylation sites (N-methyl/N-ethyl adjacent to an activating group) is 1. The highest BCUT2D eigenvalue weighted by Crippen LogP contribution is 2.32. The third-order valence-corrected chi connectivity index (χ3v) is 8.93. The number of likely N-dealkylation sites (tertiary alicyclic amines) is 1. The molecule has 2 saturated heterocycles. The number of hydrogen-bond donors (Lipinski definition) is 2. The highest BCUT2D eigenvalue weighted by atomic mass is 16.5. The van der Waals surface area contributed by atoms with Crippen molar-refractivity contribution >= 4 is 29.7 Å². The molecule has 0 radical (unpaired) electrons. The van der Waals surface area contributed by atoms with Gasteiger partial charge >= 0.3 is 0 Å². The van der Waals surface area contributed by atoms with E-state index >= 15 is 0 Å². The van der Waals surface area contributed by atoms with Crippen LogP contribution >= 0.6 is 0 Å². The molecule has 43 heavy (non-hydrogen) atoms. The van der Waals surface area contributed by atoms with E-state index in [9.17, 15) is 19.2 Å². The minimum absolute atomic E-state index is 0.0848. The minimum Gasteiger partial charge on any atom is -0.496 e. The zero-order chi connectivity index (χ0) is 31.4. The first-order chi connectivity index (χ1) is 20.5. The molecule has 3 heterocycles. The van der Waals surface area contributed by atoms with Gasteiger partial charge in [0.1, 0.15) is 35.7 Å². The molecule has 6 atom stereocenters. The molecular formula is C32H47N5O6. The number of hydrogen-bond acceptors (Lipinski definition) is 7. The quantitative estimate of drug-likeness (QED) is 0.472. The number of carbonyl (C=O) groups is 4. The van der Waals surface area contributed by atoms with E-state index in [1.54, 1.807) is 47.4 Å². The van der Waals surface area contributed by atoms with Crippen LogP contribution in [0.5, 0.6) is 11.5 Å². The molecule has 2 N–H and O–H groups in total. The molecule has 1 aromatic rings. The number of nitrogens with one attached hydrogen (secondary N) is 2. The monoisotopic (exact) mass is 597 g/mol. The van der Waals surface area contributed by atoms with Gasteiger partial charge in [-0.05, 0) is 63.0 Å². The topological polar surface area (TPSA) is 121 Å². The highest BCUT2D eigenvalue weighted by Gasteiger charge is 2.49. The second-order valence-electron chi connectivity index (χ2n) is 12.4. The molecule has 0 aromatic heterocycles. The van der Waals surface area contributed by atoms with E-state index in [-0.39, 0.29) is 42.0 Å². The molecule has 2 bridgehead atoms. The maximum atomic E-state index is 14.3. The lowest BCUT2D eigenvalue weighted by Crippen LogP contribution is -2.61. The Balaban J connectivity index is 1.69. The van der Waals surface area contributed by atoms with Crippen molar-refractivity contribution in [3.63, 3.8) is 0 Å². The number of nitrogens with zero attached hydrogens (tertiary/aromatic N) is 3. The van der Waals surface area contributed by atoms with Crippen molar-refractivity contribution < 1.29 is 28.7 Å². The standard InChI is InChI=1S/C32H47N5O6/c1-8-20(4)27(35(5)6)30(39)34-26(19(2)3)31(40)37-17-14-25-28(37)32(41)36-16-9-10-23(36)29(38)33-15-13-21-18-22(43-25)11-12-24(21)42-7/h11-13,15,18-20,23,25-28H,8-10,14,16-17H2,1-7H3,(H,33,38)(H,34,39)/b15-13+/t20?,23-,25-,26-,27+,28-/m0/s1. The van der Waals surface area contributed by atoms with Gasteiger partial charge in [-0.3, -0.25) is 24.1 Å². The molecule has 11 heteroatoms. The Morgan fingerprint density at radius 1 is 1.16 bits per heavy atom. The molecule has 4 amide bonds. The van der Waals surface area contributed by atoms with Crippen molar-refractivity contribution in [3.05, 3.63) is 30.0 Å². The summed E-state index contributed by atoms with van der Waals surface area (Å²) in [6, 6.07) is 2.50. The lowest BCUT2D eigenvalue weighted by Gasteiger charge is -2.36. The Morgan fingerprint density at radius 2 is 1.91 bits per heavy atom. The maximum Gasteiger partial charge on any atom is 0.249 e. The van der Waals surface area contributed by atoms with Gasteiger partial charge < -0.3 is 29.9 Å². The Bertz CT molecular complexity index is 1230. The summed E-state index contributed by atoms with van der Waals surface area (Å²) < 4.78 is 11.9. The lowest BCUT2D eigenvalue weighted by molar-refractivity contribution is -0.150. The van der Waals surface area contributed by atoms with Crippen LogP contribution in [0.2, 0.25) is 0 Å². The van der Waals surface area contributed by atoms with Gasteiger partial charge in [0.05, 0.1) is 13.2 Å². The van der Waals surface area contributed by atoms with Crippen molar-refractivity contribution in [2.75, 3.05) is 34.3 Å². The van der Waals surface area contributed by atoms with Gasteiger partial charge in [-0.2, -0.15) is 0 Å². The van der Waals surface area contributed by atoms with Crippen molar-refractivity contribution in [1.82, 2.24) is 25.3 Å². The van der Waals surface area contributed by atoms with Gasteiger partial charge in [0, 0.05) is 31.3 Å². The fourth-order valence-corrected chi connectivity index (χ4v) is 6.46. The lowest BCUT2D eigenvalue weighted by atomic mass is 9.95. The molecule has 1 unspecified atom stereocenters. The second kappa shape index (κ2) is 13.8. The first-order valence-corrected chi connectivity index (χ1v) is 15.4. The number of ether oxygens (including phenoxy) is 2. The van der Waals surface area contributed by atoms with Gasteiger partial charge in [0.15, 0.2) is 0 Å². The fraction of sp³-hybridized carbons (Fsp3) is 0.625. The van der Waals surface area contributed by atoms with E-state index < -0.39 is 30.3 Å². The van der Waals surface area contributed by atoms with Crippen molar-refractivity contribution in [2.45, 2.75) is 83.6 Å². The molecule has 3 aliphatic rings. The van der Waals surface area contributed by atoms with E-state index in [1.807, 2.05) is 46.7 Å². The Hall–Kier alpha value is -3.60. The molecule has 236 valence electrons. The Morgan fingerprint density at radius 3 is 2.56 bits per heavy atom. The fourth-order valence-electron chi connectivity index (χ4n) is 6.46. The minimum atomic E-state index is -0.947. The molecule has 0 saturated carbocycles. The van der Waals surface area contributed by atoms with Crippen molar-refractivity contribution in [2.24, 2.45) is 11.8 Å². The first kappa shape index (κ1) is 32.3. The van der Waals surface area contributed by atoms with Gasteiger partial charge in [0.25, 0.3) is 0 Å². The number of amides is 4. The van der Waals surface area contributed by atoms with Gasteiger partial charge in [-0.1, -0.05) is 34.1 Å². The predicted octanol–water partition coefficient (Wildman–Crippen LogP) is 2.25. The van der Waals surface area contributed by atoms with Crippen molar-refractivity contribution in [1.29, 1.82) is 0 Å². The molecule has 1 aromatic carbocycles. The number of methoxy groups -OCH3 is 1. The summed E-state index contributed by atoms with van der Waals surface area (Å²) in [5.74, 6) is -0.137. The third-order valence-electron chi connectivity index (χ3n) is 8.93. The zero-order valence-corrected chi connectivity index (χ0v) is 26.5. The van der Waals surface area contributed by atoms with Crippen molar-refractivity contribution in [3.8, 4) is 11.5 Å². The summed E-state index contributed by atoms with van der Waals surface area (Å²) in [4.78, 5) is 60.3. The number of rotatable bonds is 8. The Labute approximate surface area is 254 Å². The summed E-state index contributed by atoms with van der Waals surface area (Å²) in [7, 11) is 5.29.